The molecular formula is C19H25N5O2. The number of rotatable bonds is 3. The smallest absolute Gasteiger partial charge is 0.322 e. The quantitative estimate of drug-likeness (QED) is 0.907. The summed E-state index contributed by atoms with van der Waals surface area (Å²) in [5.74, 6) is 1.72. The fourth-order valence-electron chi connectivity index (χ4n) is 3.74. The van der Waals surface area contributed by atoms with E-state index in [-0.39, 0.29) is 0 Å². The lowest BCUT2D eigenvalue weighted by molar-refractivity contribution is 0.377. The molecule has 1 fully saturated rings. The molecule has 7 heteroatoms. The Kier molecular flexibility index (Phi) is 4.77. The highest BCUT2D eigenvalue weighted by molar-refractivity contribution is 5.47. The molecule has 0 amide bonds. The van der Waals surface area contributed by atoms with E-state index in [4.69, 9.17) is 9.72 Å². The predicted molar refractivity (Wildman–Crippen MR) is 99.9 cm³/mol. The summed E-state index contributed by atoms with van der Waals surface area (Å²) in [7, 11) is 1.59. The number of methoxy groups -OCH3 is 1. The maximum absolute atomic E-state index is 10.0. The van der Waals surface area contributed by atoms with Crippen LogP contribution in [0.4, 0.5) is 11.9 Å². The van der Waals surface area contributed by atoms with E-state index in [1.807, 2.05) is 6.07 Å². The first-order valence-electron chi connectivity index (χ1n) is 9.34. The van der Waals surface area contributed by atoms with Gasteiger partial charge in [0.2, 0.25) is 11.9 Å². The Hall–Kier alpha value is -2.57. The number of ether oxygens (including phenoxy) is 1. The first-order chi connectivity index (χ1) is 12.7. The fraction of sp³-hybridized carbons (Fsp3) is 0.526. The van der Waals surface area contributed by atoms with E-state index in [1.54, 1.807) is 13.2 Å². The molecule has 3 heterocycles. The van der Waals surface area contributed by atoms with Crippen LogP contribution >= 0.6 is 0 Å². The third-order valence-electron chi connectivity index (χ3n) is 5.19. The number of hydrogen-bond donors (Lipinski definition) is 1. The van der Waals surface area contributed by atoms with Crippen molar-refractivity contribution in [3.8, 4) is 11.8 Å². The van der Waals surface area contributed by atoms with E-state index in [0.29, 0.717) is 30.2 Å². The fourth-order valence-corrected chi connectivity index (χ4v) is 3.74. The zero-order valence-corrected chi connectivity index (χ0v) is 15.2. The van der Waals surface area contributed by atoms with E-state index in [2.05, 4.69) is 25.8 Å². The lowest BCUT2D eigenvalue weighted by atomic mass is 9.99. The molecule has 1 aromatic carbocycles. The molecule has 0 saturated carbocycles. The molecule has 7 nitrogen and oxygen atoms in total. The second-order valence-electron chi connectivity index (χ2n) is 6.91. The van der Waals surface area contributed by atoms with Gasteiger partial charge in [-0.05, 0) is 30.9 Å². The number of phenolic OH excluding ortho intramolecular Hbond substituents is 1. The van der Waals surface area contributed by atoms with Crippen molar-refractivity contribution in [2.24, 2.45) is 0 Å². The van der Waals surface area contributed by atoms with Gasteiger partial charge in [0.25, 0.3) is 0 Å². The largest absolute Gasteiger partial charge is 0.508 e. The van der Waals surface area contributed by atoms with Gasteiger partial charge in [-0.1, -0.05) is 25.0 Å². The maximum atomic E-state index is 10.0. The van der Waals surface area contributed by atoms with Gasteiger partial charge in [0.15, 0.2) is 0 Å². The van der Waals surface area contributed by atoms with Crippen LogP contribution < -0.4 is 14.5 Å². The Bertz CT molecular complexity index is 775. The van der Waals surface area contributed by atoms with Crippen molar-refractivity contribution in [3.63, 3.8) is 0 Å². The topological polar surface area (TPSA) is 74.6 Å². The van der Waals surface area contributed by atoms with E-state index in [0.717, 1.165) is 37.2 Å². The van der Waals surface area contributed by atoms with Crippen molar-refractivity contribution in [1.29, 1.82) is 0 Å². The van der Waals surface area contributed by atoms with E-state index < -0.39 is 0 Å². The molecule has 2 aliphatic rings. The van der Waals surface area contributed by atoms with E-state index >= 15 is 0 Å². The van der Waals surface area contributed by atoms with E-state index in [9.17, 15) is 5.11 Å². The minimum absolute atomic E-state index is 0.357. The minimum atomic E-state index is 0.357. The number of hydrogen-bond acceptors (Lipinski definition) is 7. The molecule has 1 saturated heterocycles. The molecule has 0 spiro atoms. The molecule has 0 unspecified atom stereocenters. The Labute approximate surface area is 153 Å². The van der Waals surface area contributed by atoms with Crippen LogP contribution in [-0.2, 0) is 13.0 Å². The van der Waals surface area contributed by atoms with Crippen molar-refractivity contribution in [2.45, 2.75) is 38.6 Å². The van der Waals surface area contributed by atoms with E-state index in [1.165, 1.54) is 25.7 Å². The Morgan fingerprint density at radius 3 is 2.38 bits per heavy atom. The summed E-state index contributed by atoms with van der Waals surface area (Å²) in [6, 6.07) is 6.04. The summed E-state index contributed by atoms with van der Waals surface area (Å²) in [5.41, 5.74) is 2.14. The zero-order chi connectivity index (χ0) is 17.9. The molecule has 2 aromatic rings. The molecule has 0 radical (unpaired) electrons. The number of aromatic hydroxyl groups is 1. The van der Waals surface area contributed by atoms with Gasteiger partial charge in [0, 0.05) is 31.7 Å². The van der Waals surface area contributed by atoms with Crippen molar-refractivity contribution >= 4 is 11.9 Å². The summed E-state index contributed by atoms with van der Waals surface area (Å²) >= 11 is 0. The highest BCUT2D eigenvalue weighted by Crippen LogP contribution is 2.29. The average Bonchev–Trinajstić information content (AvgIpc) is 2.97. The third kappa shape index (κ3) is 3.38. The molecule has 26 heavy (non-hydrogen) atoms. The minimum Gasteiger partial charge on any atom is -0.508 e. The molecule has 138 valence electrons. The molecule has 1 N–H and O–H groups in total. The Morgan fingerprint density at radius 2 is 1.65 bits per heavy atom. The van der Waals surface area contributed by atoms with Gasteiger partial charge in [-0.2, -0.15) is 15.0 Å². The SMILES string of the molecule is COc1nc(N2CCCCCC2)nc(N2CCc3c(O)cccc3C2)n1. The van der Waals surface area contributed by atoms with Crippen molar-refractivity contribution < 1.29 is 9.84 Å². The second-order valence-corrected chi connectivity index (χ2v) is 6.91. The van der Waals surface area contributed by atoms with Crippen LogP contribution in [0.1, 0.15) is 36.8 Å². The van der Waals surface area contributed by atoms with Gasteiger partial charge in [-0.25, -0.2) is 0 Å². The van der Waals surface area contributed by atoms with Crippen LogP contribution in [0.5, 0.6) is 11.8 Å². The molecule has 0 aliphatic carbocycles. The summed E-state index contributed by atoms with van der Waals surface area (Å²) in [6.45, 7) is 3.39. The van der Waals surface area contributed by atoms with Crippen molar-refractivity contribution in [2.75, 3.05) is 36.5 Å². The van der Waals surface area contributed by atoms with Crippen LogP contribution in [-0.4, -0.2) is 46.8 Å². The van der Waals surface area contributed by atoms with Gasteiger partial charge < -0.3 is 19.6 Å². The number of fused-ring (bicyclic) bond motifs is 1. The standard InChI is InChI=1S/C19H25N5O2/c1-26-19-21-17(23-10-4-2-3-5-11-23)20-18(22-19)24-12-9-15-14(13-24)7-6-8-16(15)25/h6-8,25H,2-5,9-13H2,1H3. The molecule has 4 rings (SSSR count). The van der Waals surface area contributed by atoms with Crippen LogP contribution in [0.3, 0.4) is 0 Å². The molecule has 1 aromatic heterocycles. The Morgan fingerprint density at radius 1 is 0.923 bits per heavy atom. The first-order valence-corrected chi connectivity index (χ1v) is 9.34. The number of benzene rings is 1. The molecule has 2 aliphatic heterocycles. The van der Waals surface area contributed by atoms with Gasteiger partial charge in [0.05, 0.1) is 7.11 Å². The molecule has 0 atom stereocenters. The van der Waals surface area contributed by atoms with Crippen LogP contribution in [0, 0.1) is 0 Å². The monoisotopic (exact) mass is 355 g/mol. The third-order valence-corrected chi connectivity index (χ3v) is 5.19. The van der Waals surface area contributed by atoms with Gasteiger partial charge in [-0.3, -0.25) is 0 Å². The van der Waals surface area contributed by atoms with Crippen LogP contribution in [0.15, 0.2) is 18.2 Å². The number of anilines is 2. The highest BCUT2D eigenvalue weighted by atomic mass is 16.5. The number of nitrogens with zero attached hydrogens (tertiary/aromatic N) is 5. The second kappa shape index (κ2) is 7.35. The summed E-state index contributed by atoms with van der Waals surface area (Å²) in [5, 5.41) is 10.0. The maximum Gasteiger partial charge on any atom is 0.322 e. The first kappa shape index (κ1) is 16.9. The highest BCUT2D eigenvalue weighted by Gasteiger charge is 2.23. The lowest BCUT2D eigenvalue weighted by Gasteiger charge is -2.30. The van der Waals surface area contributed by atoms with Crippen LogP contribution in [0.25, 0.3) is 0 Å². The number of aromatic nitrogens is 3. The van der Waals surface area contributed by atoms with Gasteiger partial charge in [0.1, 0.15) is 5.75 Å². The summed E-state index contributed by atoms with van der Waals surface area (Å²) in [4.78, 5) is 18.1. The molecule has 0 bridgehead atoms. The summed E-state index contributed by atoms with van der Waals surface area (Å²) < 4.78 is 5.34. The van der Waals surface area contributed by atoms with Crippen LogP contribution in [0.2, 0.25) is 0 Å². The lowest BCUT2D eigenvalue weighted by Crippen LogP contribution is -2.33. The van der Waals surface area contributed by atoms with Crippen molar-refractivity contribution in [1.82, 2.24) is 15.0 Å². The van der Waals surface area contributed by atoms with Gasteiger partial charge >= 0.3 is 6.01 Å². The Balaban J connectivity index is 1.63. The zero-order valence-electron chi connectivity index (χ0n) is 15.2. The summed E-state index contributed by atoms with van der Waals surface area (Å²) in [6.07, 6.45) is 5.63. The predicted octanol–water partition coefficient (Wildman–Crippen LogP) is 2.53. The molecular weight excluding hydrogens is 330 g/mol. The van der Waals surface area contributed by atoms with Crippen molar-refractivity contribution in [3.05, 3.63) is 29.3 Å². The number of phenols is 1. The van der Waals surface area contributed by atoms with Gasteiger partial charge in [-0.15, -0.1) is 0 Å². The average molecular weight is 355 g/mol. The normalized spacial score (nSPS) is 17.6.